The fourth-order valence-electron chi connectivity index (χ4n) is 11.2. The van der Waals surface area contributed by atoms with Gasteiger partial charge in [-0.2, -0.15) is 0 Å². The van der Waals surface area contributed by atoms with Crippen LogP contribution in [-0.4, -0.2) is 48.6 Å². The zero-order valence-corrected chi connectivity index (χ0v) is 31.1. The SMILES string of the molecule is CC(=O)Oc1cc2c(c3ccccc13)C(CCl)CN2C(=O)C1(C)C2=C(C)C3(C(=O)N4CC(CCl)c5c4cc(OC(C)=O)c4ccccc54)C(C)C1C23. The molecule has 7 unspecified atom stereocenters. The molecule has 5 aliphatic rings. The highest BCUT2D eigenvalue weighted by Gasteiger charge is 2.86. The maximum Gasteiger partial charge on any atom is 0.308 e. The van der Waals surface area contributed by atoms with E-state index in [9.17, 15) is 14.4 Å². The molecule has 52 heavy (non-hydrogen) atoms. The van der Waals surface area contributed by atoms with Gasteiger partial charge in [0.05, 0.1) is 22.2 Å². The zero-order valence-electron chi connectivity index (χ0n) is 29.6. The molecule has 2 fully saturated rings. The first kappa shape index (κ1) is 33.4. The number of carbonyl (C=O) groups is 4. The minimum absolute atomic E-state index is 0.0140. The van der Waals surface area contributed by atoms with Crippen molar-refractivity contribution >= 4 is 79.9 Å². The molecule has 2 aliphatic heterocycles. The first-order valence-corrected chi connectivity index (χ1v) is 18.9. The summed E-state index contributed by atoms with van der Waals surface area (Å²) in [7, 11) is 0. The Hall–Kier alpha value is -4.40. The summed E-state index contributed by atoms with van der Waals surface area (Å²) >= 11 is 13.1. The molecule has 266 valence electrons. The van der Waals surface area contributed by atoms with Crippen molar-refractivity contribution in [1.82, 2.24) is 0 Å². The Morgan fingerprint density at radius 2 is 1.19 bits per heavy atom. The molecule has 8 nitrogen and oxygen atoms in total. The molecule has 3 aliphatic carbocycles. The highest BCUT2D eigenvalue weighted by molar-refractivity contribution is 6.20. The summed E-state index contributed by atoms with van der Waals surface area (Å²) in [5, 5.41) is 3.44. The number of amides is 2. The summed E-state index contributed by atoms with van der Waals surface area (Å²) in [5.41, 5.74) is 3.95. The molecule has 2 saturated carbocycles. The number of hydrogen-bond acceptors (Lipinski definition) is 6. The van der Waals surface area contributed by atoms with Gasteiger partial charge in [-0.25, -0.2) is 0 Å². The molecule has 2 heterocycles. The summed E-state index contributed by atoms with van der Waals surface area (Å²) in [5.74, 6) is 0.312. The highest BCUT2D eigenvalue weighted by Crippen LogP contribution is 2.86. The highest BCUT2D eigenvalue weighted by atomic mass is 35.5. The van der Waals surface area contributed by atoms with Crippen LogP contribution >= 0.6 is 23.2 Å². The minimum atomic E-state index is -0.789. The van der Waals surface area contributed by atoms with Gasteiger partial charge >= 0.3 is 11.9 Å². The monoisotopic (exact) mass is 736 g/mol. The van der Waals surface area contributed by atoms with E-state index in [0.29, 0.717) is 36.3 Å². The van der Waals surface area contributed by atoms with E-state index in [2.05, 4.69) is 6.92 Å². The van der Waals surface area contributed by atoms with Crippen molar-refractivity contribution in [3.05, 3.63) is 82.9 Å². The smallest absolute Gasteiger partial charge is 0.308 e. The predicted molar refractivity (Wildman–Crippen MR) is 202 cm³/mol. The Labute approximate surface area is 311 Å². The molecular weight excluding hydrogens is 699 g/mol. The summed E-state index contributed by atoms with van der Waals surface area (Å²) in [6.07, 6.45) is 0. The van der Waals surface area contributed by atoms with Gasteiger partial charge in [0.15, 0.2) is 0 Å². The molecule has 0 saturated heterocycles. The number of esters is 2. The zero-order chi connectivity index (χ0) is 36.6. The lowest BCUT2D eigenvalue weighted by molar-refractivity contribution is -0.219. The van der Waals surface area contributed by atoms with Gasteiger partial charge in [0, 0.05) is 79.4 Å². The molecular formula is C42H38Cl2N2O6. The second-order valence-electron chi connectivity index (χ2n) is 15.3. The van der Waals surface area contributed by atoms with E-state index in [1.54, 1.807) is 0 Å². The number of ether oxygens (including phenoxy) is 2. The maximum absolute atomic E-state index is 15.0. The van der Waals surface area contributed by atoms with Crippen LogP contribution < -0.4 is 19.3 Å². The van der Waals surface area contributed by atoms with Gasteiger partial charge in [-0.15, -0.1) is 23.2 Å². The lowest BCUT2D eigenvalue weighted by Gasteiger charge is -2.81. The largest absolute Gasteiger partial charge is 0.426 e. The Morgan fingerprint density at radius 3 is 1.60 bits per heavy atom. The number of fused-ring (bicyclic) bond motifs is 6. The van der Waals surface area contributed by atoms with Crippen molar-refractivity contribution in [3.63, 3.8) is 0 Å². The van der Waals surface area contributed by atoms with Crippen molar-refractivity contribution in [3.8, 4) is 11.5 Å². The second-order valence-corrected chi connectivity index (χ2v) is 15.9. The van der Waals surface area contributed by atoms with E-state index in [4.69, 9.17) is 32.7 Å². The summed E-state index contributed by atoms with van der Waals surface area (Å²) < 4.78 is 11.3. The third-order valence-corrected chi connectivity index (χ3v) is 13.8. The Bertz CT molecular complexity index is 2350. The van der Waals surface area contributed by atoms with Crippen molar-refractivity contribution in [2.24, 2.45) is 28.6 Å². The van der Waals surface area contributed by atoms with Gasteiger partial charge in [-0.1, -0.05) is 61.0 Å². The number of alkyl halides is 2. The number of nitrogens with zero attached hydrogens (tertiary/aromatic N) is 2. The van der Waals surface area contributed by atoms with Crippen LogP contribution in [0, 0.1) is 28.6 Å². The van der Waals surface area contributed by atoms with E-state index in [1.165, 1.54) is 13.8 Å². The van der Waals surface area contributed by atoms with Crippen LogP contribution in [0.1, 0.15) is 57.6 Å². The third-order valence-electron chi connectivity index (χ3n) is 13.1. The number of hydrogen-bond donors (Lipinski definition) is 0. The average Bonchev–Trinajstić information content (AvgIpc) is 3.68. The third kappa shape index (κ3) is 3.95. The first-order valence-electron chi connectivity index (χ1n) is 17.9. The van der Waals surface area contributed by atoms with Gasteiger partial charge in [-0.05, 0) is 53.2 Å². The fourth-order valence-corrected chi connectivity index (χ4v) is 11.7. The Kier molecular flexibility index (Phi) is 7.27. The van der Waals surface area contributed by atoms with Gasteiger partial charge in [-0.3, -0.25) is 19.2 Å². The van der Waals surface area contributed by atoms with E-state index < -0.39 is 22.8 Å². The van der Waals surface area contributed by atoms with E-state index in [1.807, 2.05) is 84.3 Å². The summed E-state index contributed by atoms with van der Waals surface area (Å²) in [6.45, 7) is 9.76. The van der Waals surface area contributed by atoms with Crippen molar-refractivity contribution in [1.29, 1.82) is 0 Å². The summed E-state index contributed by atoms with van der Waals surface area (Å²) in [6, 6.07) is 19.2. The van der Waals surface area contributed by atoms with Crippen LogP contribution in [0.25, 0.3) is 21.5 Å². The van der Waals surface area contributed by atoms with Crippen LogP contribution in [0.2, 0.25) is 0 Å². The lowest BCUT2D eigenvalue weighted by Crippen LogP contribution is -2.83. The van der Waals surface area contributed by atoms with Crippen molar-refractivity contribution in [2.75, 3.05) is 34.6 Å². The first-order chi connectivity index (χ1) is 24.9. The molecule has 0 aromatic heterocycles. The number of carbonyl (C=O) groups excluding carboxylic acids is 4. The fraction of sp³-hybridized carbons (Fsp3) is 0.381. The molecule has 7 atom stereocenters. The number of anilines is 2. The van der Waals surface area contributed by atoms with Gasteiger partial charge in [0.25, 0.3) is 0 Å². The van der Waals surface area contributed by atoms with Crippen LogP contribution in [-0.2, 0) is 19.2 Å². The topological polar surface area (TPSA) is 93.2 Å². The number of rotatable bonds is 6. The molecule has 9 rings (SSSR count). The molecule has 4 aromatic carbocycles. The standard InChI is InChI=1S/C42H38Cl2N2O6/c1-20-36-38-37(41(36,5)39(49)45-18-24(16-43)34-28-12-8-6-10-26(28)32(14-30(34)45)51-22(3)47)21(2)42(20,38)40(50)46-19-25(17-44)35-29-13-9-7-11-27(29)33(15-31(35)46)52-23(4)48/h6-15,20,24-25,36,38H,16-19H2,1-5H3. The van der Waals surface area contributed by atoms with E-state index in [0.717, 1.165) is 55.2 Å². The predicted octanol–water partition coefficient (Wildman–Crippen LogP) is 8.10. The second kappa shape index (κ2) is 11.3. The van der Waals surface area contributed by atoms with Crippen LogP contribution in [0.5, 0.6) is 11.5 Å². The number of benzene rings is 4. The summed E-state index contributed by atoms with van der Waals surface area (Å²) in [4.78, 5) is 57.9. The normalized spacial score (nSPS) is 29.2. The number of halogens is 2. The van der Waals surface area contributed by atoms with Crippen LogP contribution in [0.15, 0.2) is 71.8 Å². The molecule has 2 amide bonds. The van der Waals surface area contributed by atoms with Gasteiger partial charge in [0.1, 0.15) is 11.5 Å². The maximum atomic E-state index is 15.0. The van der Waals surface area contributed by atoms with E-state index in [-0.39, 0.29) is 41.4 Å². The molecule has 0 spiro atoms. The average molecular weight is 738 g/mol. The quantitative estimate of drug-likeness (QED) is 0.0860. The Morgan fingerprint density at radius 1 is 0.750 bits per heavy atom. The van der Waals surface area contributed by atoms with Crippen molar-refractivity contribution in [2.45, 2.75) is 46.5 Å². The van der Waals surface area contributed by atoms with Crippen LogP contribution in [0.3, 0.4) is 0 Å². The van der Waals surface area contributed by atoms with E-state index >= 15 is 4.79 Å². The van der Waals surface area contributed by atoms with Gasteiger partial charge < -0.3 is 19.3 Å². The van der Waals surface area contributed by atoms with Crippen LogP contribution in [0.4, 0.5) is 11.4 Å². The minimum Gasteiger partial charge on any atom is -0.426 e. The molecule has 4 aromatic rings. The molecule has 0 radical (unpaired) electrons. The Balaban J connectivity index is 1.10. The molecule has 10 heteroatoms. The van der Waals surface area contributed by atoms with Crippen molar-refractivity contribution < 1.29 is 28.7 Å². The lowest BCUT2D eigenvalue weighted by atomic mass is 9.20. The van der Waals surface area contributed by atoms with Gasteiger partial charge in [0.2, 0.25) is 11.8 Å². The molecule has 0 N–H and O–H groups in total. The molecule has 0 bridgehead atoms.